The number of aromatic amines is 1. The van der Waals surface area contributed by atoms with E-state index in [-0.39, 0.29) is 0 Å². The molecule has 0 amide bonds. The number of benzene rings is 2. The molecule has 1 N–H and O–H groups in total. The van der Waals surface area contributed by atoms with Gasteiger partial charge in [0.2, 0.25) is 0 Å². The number of fused-ring (bicyclic) bond motifs is 1. The van der Waals surface area contributed by atoms with E-state index in [1.54, 1.807) is 13.4 Å². The number of ether oxygens (including phenoxy) is 1. The molecule has 33 heavy (non-hydrogen) atoms. The Balaban J connectivity index is 1.67. The Labute approximate surface area is 191 Å². The minimum absolute atomic E-state index is 0.304. The van der Waals surface area contributed by atoms with E-state index >= 15 is 0 Å². The normalized spacial score (nSPS) is 11.3. The summed E-state index contributed by atoms with van der Waals surface area (Å²) in [6.07, 6.45) is 3.63. The first-order chi connectivity index (χ1) is 15.9. The van der Waals surface area contributed by atoms with Gasteiger partial charge in [0.1, 0.15) is 16.3 Å². The fraction of sp³-hybridized carbons (Fsp3) is 0.125. The van der Waals surface area contributed by atoms with Crippen molar-refractivity contribution in [2.45, 2.75) is 13.8 Å². The molecule has 0 saturated carbocycles. The van der Waals surface area contributed by atoms with Crippen LogP contribution in [0, 0.1) is 19.7 Å². The van der Waals surface area contributed by atoms with Gasteiger partial charge in [-0.15, -0.1) is 11.3 Å². The molecule has 3 aromatic heterocycles. The van der Waals surface area contributed by atoms with E-state index < -0.39 is 17.1 Å². The Kier molecular flexibility index (Phi) is 4.98. The second kappa shape index (κ2) is 7.86. The average molecular weight is 463 g/mol. The first-order valence-electron chi connectivity index (χ1n) is 10.1. The van der Waals surface area contributed by atoms with Crippen molar-refractivity contribution in [1.29, 1.82) is 0 Å². The van der Waals surface area contributed by atoms with Gasteiger partial charge in [0.15, 0.2) is 0 Å². The third kappa shape index (κ3) is 3.46. The van der Waals surface area contributed by atoms with E-state index in [1.165, 1.54) is 35.6 Å². The maximum atomic E-state index is 13.3. The van der Waals surface area contributed by atoms with Crippen molar-refractivity contribution in [3.63, 3.8) is 0 Å². The van der Waals surface area contributed by atoms with E-state index in [2.05, 4.69) is 9.97 Å². The number of imidazole rings is 1. The molecule has 0 saturated heterocycles. The molecule has 0 spiro atoms. The molecule has 0 fully saturated rings. The van der Waals surface area contributed by atoms with Crippen molar-refractivity contribution >= 4 is 21.6 Å². The molecule has 166 valence electrons. The third-order valence-electron chi connectivity index (χ3n) is 5.50. The molecular formula is C24H19FN4O3S. The quantitative estimate of drug-likeness (QED) is 0.430. The topological polar surface area (TPSA) is 81.9 Å². The van der Waals surface area contributed by atoms with Gasteiger partial charge in [0.25, 0.3) is 5.56 Å². The smallest absolute Gasteiger partial charge is 0.333 e. The van der Waals surface area contributed by atoms with Crippen LogP contribution < -0.4 is 16.0 Å². The maximum Gasteiger partial charge on any atom is 0.333 e. The number of aryl methyl sites for hydroxylation is 2. The minimum atomic E-state index is -0.574. The molecular weight excluding hydrogens is 443 g/mol. The van der Waals surface area contributed by atoms with Crippen molar-refractivity contribution in [3.05, 3.63) is 92.9 Å². The van der Waals surface area contributed by atoms with Gasteiger partial charge in [-0.1, -0.05) is 6.07 Å². The highest BCUT2D eigenvalue weighted by atomic mass is 32.1. The lowest BCUT2D eigenvalue weighted by Gasteiger charge is -2.11. The van der Waals surface area contributed by atoms with Crippen LogP contribution in [0.2, 0.25) is 0 Å². The number of nitrogens with one attached hydrogen (secondary N) is 1. The van der Waals surface area contributed by atoms with E-state index in [9.17, 15) is 14.0 Å². The van der Waals surface area contributed by atoms with Crippen LogP contribution in [0.15, 0.2) is 64.6 Å². The molecule has 0 aliphatic heterocycles. The third-order valence-corrected chi connectivity index (χ3v) is 6.82. The van der Waals surface area contributed by atoms with Crippen molar-refractivity contribution in [2.75, 3.05) is 7.11 Å². The fourth-order valence-corrected chi connectivity index (χ4v) is 5.05. The predicted molar refractivity (Wildman–Crippen MR) is 127 cm³/mol. The maximum absolute atomic E-state index is 13.3. The number of halogens is 1. The van der Waals surface area contributed by atoms with Gasteiger partial charge < -0.3 is 14.3 Å². The number of hydrogen-bond acceptors (Lipinski definition) is 5. The summed E-state index contributed by atoms with van der Waals surface area (Å²) in [5, 5.41) is 0. The number of aromatic nitrogens is 4. The van der Waals surface area contributed by atoms with Crippen LogP contribution in [0.25, 0.3) is 32.0 Å². The molecule has 0 unspecified atom stereocenters. The SMILES string of the molecule is COc1cc(-c2sc3c(=O)n(-c4ccc(F)cc4)c(=O)[nH]c3c2C)ccc1-n1cnc(C)c1. The van der Waals surface area contributed by atoms with Gasteiger partial charge in [-0.25, -0.2) is 18.7 Å². The summed E-state index contributed by atoms with van der Waals surface area (Å²) >= 11 is 1.30. The molecule has 0 aliphatic carbocycles. The number of nitrogens with zero attached hydrogens (tertiary/aromatic N) is 3. The lowest BCUT2D eigenvalue weighted by molar-refractivity contribution is 0.413. The van der Waals surface area contributed by atoms with E-state index in [1.807, 2.05) is 42.8 Å². The van der Waals surface area contributed by atoms with E-state index in [4.69, 9.17) is 4.74 Å². The molecule has 0 bridgehead atoms. The Bertz CT molecular complexity index is 1630. The molecule has 5 aromatic rings. The summed E-state index contributed by atoms with van der Waals surface area (Å²) in [5.41, 5.74) is 3.17. The summed E-state index contributed by atoms with van der Waals surface area (Å²) in [5.74, 6) is 0.209. The summed E-state index contributed by atoms with van der Waals surface area (Å²) in [4.78, 5) is 33.9. The second-order valence-electron chi connectivity index (χ2n) is 7.62. The molecule has 0 aliphatic rings. The van der Waals surface area contributed by atoms with Gasteiger partial charge in [0.05, 0.1) is 36.0 Å². The fourth-order valence-electron chi connectivity index (χ4n) is 3.86. The van der Waals surface area contributed by atoms with Crippen LogP contribution in [0.5, 0.6) is 5.75 Å². The molecule has 0 atom stereocenters. The number of H-pyrrole nitrogens is 1. The van der Waals surface area contributed by atoms with Crippen LogP contribution in [-0.2, 0) is 0 Å². The molecule has 3 heterocycles. The van der Waals surface area contributed by atoms with Crippen LogP contribution in [0.3, 0.4) is 0 Å². The lowest BCUT2D eigenvalue weighted by atomic mass is 10.1. The predicted octanol–water partition coefficient (Wildman–Crippen LogP) is 4.36. The zero-order chi connectivity index (χ0) is 23.3. The highest BCUT2D eigenvalue weighted by molar-refractivity contribution is 7.22. The first-order valence-corrected chi connectivity index (χ1v) is 10.9. The summed E-state index contributed by atoms with van der Waals surface area (Å²) in [6.45, 7) is 3.78. The zero-order valence-corrected chi connectivity index (χ0v) is 18.9. The van der Waals surface area contributed by atoms with E-state index in [0.29, 0.717) is 21.7 Å². The van der Waals surface area contributed by atoms with Crippen molar-refractivity contribution in [1.82, 2.24) is 19.1 Å². The molecule has 2 aromatic carbocycles. The second-order valence-corrected chi connectivity index (χ2v) is 8.64. The Morgan fingerprint density at radius 1 is 1.09 bits per heavy atom. The number of methoxy groups -OCH3 is 1. The van der Waals surface area contributed by atoms with Gasteiger partial charge in [0, 0.05) is 11.1 Å². The molecule has 7 nitrogen and oxygen atoms in total. The highest BCUT2D eigenvalue weighted by Gasteiger charge is 2.19. The summed E-state index contributed by atoms with van der Waals surface area (Å²) in [6, 6.07) is 11.0. The van der Waals surface area contributed by atoms with Gasteiger partial charge in [-0.2, -0.15) is 0 Å². The van der Waals surface area contributed by atoms with Crippen molar-refractivity contribution in [2.24, 2.45) is 0 Å². The zero-order valence-electron chi connectivity index (χ0n) is 18.0. The van der Waals surface area contributed by atoms with Crippen LogP contribution in [0.1, 0.15) is 11.3 Å². The summed E-state index contributed by atoms with van der Waals surface area (Å²) < 4.78 is 22.3. The Morgan fingerprint density at radius 2 is 1.85 bits per heavy atom. The number of rotatable bonds is 4. The van der Waals surface area contributed by atoms with Crippen LogP contribution >= 0.6 is 11.3 Å². The lowest BCUT2D eigenvalue weighted by Crippen LogP contribution is -2.33. The Morgan fingerprint density at radius 3 is 2.52 bits per heavy atom. The largest absolute Gasteiger partial charge is 0.495 e. The first kappa shape index (κ1) is 20.9. The number of hydrogen-bond donors (Lipinski definition) is 1. The monoisotopic (exact) mass is 462 g/mol. The number of thiophene rings is 1. The van der Waals surface area contributed by atoms with Gasteiger partial charge in [-0.3, -0.25) is 4.79 Å². The standard InChI is InChI=1S/C24H19FN4O3S/c1-13-11-28(12-26-13)18-9-4-15(10-19(18)32-3)21-14(2)20-22(33-21)23(30)29(24(31)27-20)17-7-5-16(25)6-8-17/h4-12H,1-3H3,(H,27,31). The summed E-state index contributed by atoms with van der Waals surface area (Å²) in [7, 11) is 1.60. The van der Waals surface area contributed by atoms with E-state index in [0.717, 1.165) is 32.0 Å². The molecule has 5 rings (SSSR count). The molecule has 0 radical (unpaired) electrons. The van der Waals surface area contributed by atoms with Crippen LogP contribution in [0.4, 0.5) is 4.39 Å². The Hall–Kier alpha value is -3.98. The molecule has 9 heteroatoms. The van der Waals surface area contributed by atoms with Gasteiger partial charge in [-0.05, 0) is 61.4 Å². The van der Waals surface area contributed by atoms with Crippen molar-refractivity contribution < 1.29 is 9.13 Å². The van der Waals surface area contributed by atoms with Gasteiger partial charge >= 0.3 is 5.69 Å². The highest BCUT2D eigenvalue weighted by Crippen LogP contribution is 2.38. The van der Waals surface area contributed by atoms with Crippen molar-refractivity contribution in [3.8, 4) is 27.6 Å². The van der Waals surface area contributed by atoms with Crippen LogP contribution in [-0.4, -0.2) is 26.2 Å². The minimum Gasteiger partial charge on any atom is -0.495 e. The average Bonchev–Trinajstić information content (AvgIpc) is 3.38.